The van der Waals surface area contributed by atoms with E-state index in [9.17, 15) is 4.79 Å². The van der Waals surface area contributed by atoms with Crippen molar-refractivity contribution in [1.82, 2.24) is 35.1 Å². The minimum atomic E-state index is -0.517. The highest BCUT2D eigenvalue weighted by atomic mass is 19.1. The van der Waals surface area contributed by atoms with Crippen LogP contribution in [0.4, 0.5) is 15.9 Å². The van der Waals surface area contributed by atoms with Gasteiger partial charge in [-0.25, -0.2) is 19.3 Å². The van der Waals surface area contributed by atoms with E-state index in [2.05, 4.69) is 40.3 Å². The summed E-state index contributed by atoms with van der Waals surface area (Å²) in [5.41, 5.74) is 3.80. The number of piperidine rings is 1. The summed E-state index contributed by atoms with van der Waals surface area (Å²) in [5, 5.41) is 10.2. The molecule has 0 unspecified atom stereocenters. The van der Waals surface area contributed by atoms with Crippen LogP contribution in [-0.2, 0) is 0 Å². The molecular formula is C29H24FN9O. The maximum absolute atomic E-state index is 16.1. The second-order valence-electron chi connectivity index (χ2n) is 9.73. The molecule has 0 aliphatic carbocycles. The number of aromatic amines is 2. The molecular weight excluding hydrogens is 509 g/mol. The zero-order valence-electron chi connectivity index (χ0n) is 21.4. The number of H-pyrrole nitrogens is 2. The standard InChI is InChI=1S/C29H24FN9O/c30-23-20(18-13-19(15-31-14-18)34-29(40)17-7-3-1-4-8-17)16-33-26-22(23)25(37-38-26)27-35-21-9-10-32-28(24(21)36-27)39-11-5-2-6-12-39/h1,3-4,7-10,13-16H,2,5-6,11-12H2,(H,34,40)(H,35,36)(H,33,37,38). The Morgan fingerprint density at radius 3 is 2.70 bits per heavy atom. The molecule has 1 fully saturated rings. The summed E-state index contributed by atoms with van der Waals surface area (Å²) in [6, 6.07) is 12.4. The third kappa shape index (κ3) is 4.21. The van der Waals surface area contributed by atoms with Gasteiger partial charge in [-0.15, -0.1) is 0 Å². The zero-order valence-corrected chi connectivity index (χ0v) is 21.4. The lowest BCUT2D eigenvalue weighted by Crippen LogP contribution is -2.30. The molecule has 7 rings (SSSR count). The molecule has 0 radical (unpaired) electrons. The van der Waals surface area contributed by atoms with Crippen molar-refractivity contribution in [2.24, 2.45) is 0 Å². The normalized spacial score (nSPS) is 13.7. The molecule has 0 spiro atoms. The Hall–Kier alpha value is -5.19. The van der Waals surface area contributed by atoms with Crippen LogP contribution in [0.15, 0.2) is 67.3 Å². The fourth-order valence-corrected chi connectivity index (χ4v) is 5.15. The summed E-state index contributed by atoms with van der Waals surface area (Å²) in [6.07, 6.45) is 9.67. The number of nitrogens with zero attached hydrogens (tertiary/aromatic N) is 6. The maximum Gasteiger partial charge on any atom is 0.255 e. The predicted molar refractivity (Wildman–Crippen MR) is 150 cm³/mol. The van der Waals surface area contributed by atoms with Gasteiger partial charge in [0.25, 0.3) is 5.91 Å². The number of imidazole rings is 1. The van der Waals surface area contributed by atoms with E-state index >= 15 is 4.39 Å². The number of anilines is 2. The number of benzene rings is 1. The average Bonchev–Trinajstić information content (AvgIpc) is 3.63. The second-order valence-corrected chi connectivity index (χ2v) is 9.73. The van der Waals surface area contributed by atoms with E-state index < -0.39 is 5.82 Å². The Bertz CT molecular complexity index is 1860. The molecule has 5 aromatic heterocycles. The first-order valence-corrected chi connectivity index (χ1v) is 13.1. The minimum Gasteiger partial charge on any atom is -0.355 e. The molecule has 1 aliphatic heterocycles. The van der Waals surface area contributed by atoms with Crippen molar-refractivity contribution in [2.75, 3.05) is 23.3 Å². The van der Waals surface area contributed by atoms with Gasteiger partial charge in [0.2, 0.25) is 0 Å². The van der Waals surface area contributed by atoms with Gasteiger partial charge in [-0.3, -0.25) is 14.9 Å². The van der Waals surface area contributed by atoms with Crippen LogP contribution < -0.4 is 10.2 Å². The van der Waals surface area contributed by atoms with E-state index in [1.54, 1.807) is 36.5 Å². The highest BCUT2D eigenvalue weighted by Crippen LogP contribution is 2.34. The zero-order chi connectivity index (χ0) is 27.1. The lowest BCUT2D eigenvalue weighted by atomic mass is 10.1. The Kier molecular flexibility index (Phi) is 5.88. The van der Waals surface area contributed by atoms with Gasteiger partial charge >= 0.3 is 0 Å². The van der Waals surface area contributed by atoms with Gasteiger partial charge in [0.15, 0.2) is 17.3 Å². The number of carbonyl (C=O) groups is 1. The number of rotatable bonds is 5. The van der Waals surface area contributed by atoms with Crippen molar-refractivity contribution >= 4 is 39.5 Å². The highest BCUT2D eigenvalue weighted by molar-refractivity contribution is 6.04. The summed E-state index contributed by atoms with van der Waals surface area (Å²) >= 11 is 0. The number of carbonyl (C=O) groups excluding carboxylic acids is 1. The summed E-state index contributed by atoms with van der Waals surface area (Å²) in [6.45, 7) is 1.87. The topological polar surface area (TPSA) is 128 Å². The molecule has 11 heteroatoms. The molecule has 0 atom stereocenters. The lowest BCUT2D eigenvalue weighted by molar-refractivity contribution is 0.102. The third-order valence-corrected chi connectivity index (χ3v) is 7.14. The molecule has 1 amide bonds. The smallest absolute Gasteiger partial charge is 0.255 e. The number of hydrogen-bond acceptors (Lipinski definition) is 7. The van der Waals surface area contributed by atoms with Crippen molar-refractivity contribution in [2.45, 2.75) is 19.3 Å². The summed E-state index contributed by atoms with van der Waals surface area (Å²) in [7, 11) is 0. The van der Waals surface area contributed by atoms with Crippen molar-refractivity contribution in [3.63, 3.8) is 0 Å². The van der Waals surface area contributed by atoms with Crippen molar-refractivity contribution in [3.05, 3.63) is 78.6 Å². The SMILES string of the molecule is O=C(Nc1cncc(-c2cnc3n[nH]c(-c4nc5c(N6CCCCC6)nccc5[nH]4)c3c2F)c1)c1ccccc1. The van der Waals surface area contributed by atoms with Gasteiger partial charge < -0.3 is 15.2 Å². The predicted octanol–water partition coefficient (Wildman–Crippen LogP) is 5.34. The second kappa shape index (κ2) is 9.84. The fraction of sp³-hybridized carbons (Fsp3) is 0.172. The van der Waals surface area contributed by atoms with Crippen LogP contribution in [0.5, 0.6) is 0 Å². The summed E-state index contributed by atoms with van der Waals surface area (Å²) in [4.78, 5) is 36.2. The summed E-state index contributed by atoms with van der Waals surface area (Å²) in [5.74, 6) is 0.470. The number of amides is 1. The number of fused-ring (bicyclic) bond motifs is 2. The van der Waals surface area contributed by atoms with Crippen LogP contribution in [-0.4, -0.2) is 54.1 Å². The number of aromatic nitrogens is 7. The van der Waals surface area contributed by atoms with Crippen molar-refractivity contribution in [1.29, 1.82) is 0 Å². The Balaban J connectivity index is 1.26. The van der Waals surface area contributed by atoms with Crippen LogP contribution >= 0.6 is 0 Å². The molecule has 6 aromatic rings. The van der Waals surface area contributed by atoms with Gasteiger partial charge in [0.1, 0.15) is 17.0 Å². The lowest BCUT2D eigenvalue weighted by Gasteiger charge is -2.27. The highest BCUT2D eigenvalue weighted by Gasteiger charge is 2.23. The van der Waals surface area contributed by atoms with Gasteiger partial charge in [-0.05, 0) is 43.5 Å². The van der Waals surface area contributed by atoms with Crippen LogP contribution in [0, 0.1) is 5.82 Å². The maximum atomic E-state index is 16.1. The van der Waals surface area contributed by atoms with E-state index in [4.69, 9.17) is 4.98 Å². The number of nitrogens with one attached hydrogen (secondary N) is 3. The third-order valence-electron chi connectivity index (χ3n) is 7.14. The van der Waals surface area contributed by atoms with Crippen LogP contribution in [0.3, 0.4) is 0 Å². The monoisotopic (exact) mass is 533 g/mol. The molecule has 6 heterocycles. The van der Waals surface area contributed by atoms with E-state index in [0.717, 1.165) is 42.8 Å². The number of pyridine rings is 3. The molecule has 1 saturated heterocycles. The van der Waals surface area contributed by atoms with E-state index in [0.29, 0.717) is 28.3 Å². The molecule has 40 heavy (non-hydrogen) atoms. The average molecular weight is 534 g/mol. The first kappa shape index (κ1) is 23.9. The van der Waals surface area contributed by atoms with Crippen molar-refractivity contribution < 1.29 is 9.18 Å². The number of halogens is 1. The van der Waals surface area contributed by atoms with Crippen molar-refractivity contribution in [3.8, 4) is 22.6 Å². The van der Waals surface area contributed by atoms with E-state index in [1.165, 1.54) is 25.0 Å². The molecule has 1 aliphatic rings. The molecule has 1 aromatic carbocycles. The largest absolute Gasteiger partial charge is 0.355 e. The molecule has 0 saturated carbocycles. The number of hydrogen-bond donors (Lipinski definition) is 3. The van der Waals surface area contributed by atoms with Gasteiger partial charge in [0.05, 0.1) is 22.8 Å². The van der Waals surface area contributed by atoms with Crippen LogP contribution in [0.25, 0.3) is 44.7 Å². The summed E-state index contributed by atoms with van der Waals surface area (Å²) < 4.78 is 16.1. The Labute approximate surface area is 227 Å². The van der Waals surface area contributed by atoms with E-state index in [1.807, 2.05) is 12.1 Å². The van der Waals surface area contributed by atoms with Crippen LogP contribution in [0.1, 0.15) is 29.6 Å². The van der Waals surface area contributed by atoms with Crippen LogP contribution in [0.2, 0.25) is 0 Å². The Morgan fingerprint density at radius 2 is 1.85 bits per heavy atom. The van der Waals surface area contributed by atoms with Gasteiger partial charge in [-0.1, -0.05) is 18.2 Å². The molecule has 10 nitrogen and oxygen atoms in total. The van der Waals surface area contributed by atoms with Gasteiger partial charge in [-0.2, -0.15) is 5.10 Å². The van der Waals surface area contributed by atoms with Gasteiger partial charge in [0, 0.05) is 48.4 Å². The fourth-order valence-electron chi connectivity index (χ4n) is 5.15. The minimum absolute atomic E-state index is 0.211. The van der Waals surface area contributed by atoms with E-state index in [-0.39, 0.29) is 22.5 Å². The first-order chi connectivity index (χ1) is 19.7. The molecule has 0 bridgehead atoms. The molecule has 198 valence electrons. The Morgan fingerprint density at radius 1 is 1.00 bits per heavy atom. The molecule has 3 N–H and O–H groups in total. The quantitative estimate of drug-likeness (QED) is 0.273. The first-order valence-electron chi connectivity index (χ1n) is 13.1.